The van der Waals surface area contributed by atoms with Gasteiger partial charge in [0.1, 0.15) is 6.04 Å². The fourth-order valence-corrected chi connectivity index (χ4v) is 2.47. The maximum Gasteiger partial charge on any atom is 0.417 e. The highest BCUT2D eigenvalue weighted by Gasteiger charge is 2.42. The fraction of sp³-hybridized carbons (Fsp3) is 0.400. The summed E-state index contributed by atoms with van der Waals surface area (Å²) in [6.45, 7) is 3.28. The lowest BCUT2D eigenvalue weighted by atomic mass is 10.1. The average molecular weight is 328 g/mol. The molecule has 2 rings (SSSR count). The van der Waals surface area contributed by atoms with E-state index in [1.54, 1.807) is 13.8 Å². The second-order valence-electron chi connectivity index (χ2n) is 5.47. The number of nitrogens with one attached hydrogen (secondary N) is 1. The fourth-order valence-electron chi connectivity index (χ4n) is 2.47. The summed E-state index contributed by atoms with van der Waals surface area (Å²) < 4.78 is 38.8. The Balaban J connectivity index is 2.22. The van der Waals surface area contributed by atoms with Crippen LogP contribution >= 0.6 is 0 Å². The number of nitrogens with zero attached hydrogens (tertiary/aromatic N) is 1. The number of rotatable bonds is 3. The molecule has 1 aliphatic rings. The standard InChI is InChI=1S/C15H15F3N2O3/c1-8(2)20-12(21)7-11(14(20)23)19-13(22)9-5-3-4-6-10(9)15(16,17)18/h3-6,8,11H,7H2,1-2H3,(H,19,22)/t11-/m0/s1. The Morgan fingerprint density at radius 3 is 2.39 bits per heavy atom. The number of halogens is 3. The van der Waals surface area contributed by atoms with Gasteiger partial charge in [-0.1, -0.05) is 12.1 Å². The maximum atomic E-state index is 12.9. The Morgan fingerprint density at radius 2 is 1.87 bits per heavy atom. The molecule has 0 unspecified atom stereocenters. The van der Waals surface area contributed by atoms with E-state index >= 15 is 0 Å². The minimum atomic E-state index is -4.69. The summed E-state index contributed by atoms with van der Waals surface area (Å²) in [6, 6.07) is 2.77. The van der Waals surface area contributed by atoms with Gasteiger partial charge in [0.15, 0.2) is 0 Å². The lowest BCUT2D eigenvalue weighted by molar-refractivity contribution is -0.140. The Labute approximate surface area is 130 Å². The van der Waals surface area contributed by atoms with Gasteiger partial charge in [-0.25, -0.2) is 0 Å². The highest BCUT2D eigenvalue weighted by atomic mass is 19.4. The van der Waals surface area contributed by atoms with Crippen molar-refractivity contribution in [2.24, 2.45) is 0 Å². The molecule has 8 heteroatoms. The Hall–Kier alpha value is -2.38. The van der Waals surface area contributed by atoms with Crippen molar-refractivity contribution in [2.75, 3.05) is 0 Å². The Kier molecular flexibility index (Phi) is 4.44. The number of imide groups is 1. The third-order valence-electron chi connectivity index (χ3n) is 3.48. The van der Waals surface area contributed by atoms with E-state index in [9.17, 15) is 27.6 Å². The third kappa shape index (κ3) is 3.35. The molecule has 1 atom stereocenters. The van der Waals surface area contributed by atoms with Gasteiger partial charge in [-0.2, -0.15) is 13.2 Å². The van der Waals surface area contributed by atoms with Crippen LogP contribution in [0.2, 0.25) is 0 Å². The normalized spacial score (nSPS) is 18.7. The van der Waals surface area contributed by atoms with Crippen LogP contribution in [0.3, 0.4) is 0 Å². The van der Waals surface area contributed by atoms with Crippen LogP contribution in [0.5, 0.6) is 0 Å². The molecule has 0 saturated carbocycles. The molecule has 1 aromatic rings. The van der Waals surface area contributed by atoms with Crippen molar-refractivity contribution < 1.29 is 27.6 Å². The van der Waals surface area contributed by atoms with E-state index in [-0.39, 0.29) is 12.5 Å². The molecule has 0 bridgehead atoms. The second kappa shape index (κ2) is 6.02. The molecule has 0 aromatic heterocycles. The number of benzene rings is 1. The molecule has 0 spiro atoms. The molecule has 1 heterocycles. The molecule has 1 fully saturated rings. The molecule has 1 N–H and O–H groups in total. The summed E-state index contributed by atoms with van der Waals surface area (Å²) in [5.74, 6) is -2.10. The van der Waals surface area contributed by atoms with Gasteiger partial charge in [0.2, 0.25) is 5.91 Å². The predicted molar refractivity (Wildman–Crippen MR) is 74.3 cm³/mol. The van der Waals surface area contributed by atoms with Crippen LogP contribution in [0.1, 0.15) is 36.2 Å². The number of likely N-dealkylation sites (tertiary alicyclic amines) is 1. The van der Waals surface area contributed by atoms with Crippen LogP contribution in [0, 0.1) is 0 Å². The predicted octanol–water partition coefficient (Wildman–Crippen LogP) is 1.97. The van der Waals surface area contributed by atoms with Crippen LogP contribution in [0.4, 0.5) is 13.2 Å². The molecule has 0 radical (unpaired) electrons. The maximum absolute atomic E-state index is 12.9. The number of alkyl halides is 3. The molecule has 5 nitrogen and oxygen atoms in total. The van der Waals surface area contributed by atoms with Gasteiger partial charge in [-0.05, 0) is 26.0 Å². The van der Waals surface area contributed by atoms with E-state index in [1.165, 1.54) is 12.1 Å². The third-order valence-corrected chi connectivity index (χ3v) is 3.48. The van der Waals surface area contributed by atoms with Crippen LogP contribution < -0.4 is 5.32 Å². The summed E-state index contributed by atoms with van der Waals surface area (Å²) in [6.07, 6.45) is -4.94. The summed E-state index contributed by atoms with van der Waals surface area (Å²) in [5, 5.41) is 2.22. The topological polar surface area (TPSA) is 66.5 Å². The van der Waals surface area contributed by atoms with Gasteiger partial charge in [0.25, 0.3) is 11.8 Å². The Morgan fingerprint density at radius 1 is 1.26 bits per heavy atom. The lowest BCUT2D eigenvalue weighted by Gasteiger charge is -2.19. The van der Waals surface area contributed by atoms with Gasteiger partial charge in [-0.3, -0.25) is 19.3 Å². The molecule has 1 aromatic carbocycles. The first-order valence-electron chi connectivity index (χ1n) is 6.96. The summed E-state index contributed by atoms with van der Waals surface area (Å²) in [4.78, 5) is 36.9. The second-order valence-corrected chi connectivity index (χ2v) is 5.47. The first kappa shape index (κ1) is 17.0. The zero-order chi connectivity index (χ0) is 17.4. The Bertz CT molecular complexity index is 656. The van der Waals surface area contributed by atoms with Crippen LogP contribution in [-0.4, -0.2) is 34.7 Å². The molecular formula is C15H15F3N2O3. The zero-order valence-electron chi connectivity index (χ0n) is 12.5. The van der Waals surface area contributed by atoms with Crippen molar-refractivity contribution in [1.82, 2.24) is 10.2 Å². The van der Waals surface area contributed by atoms with Crippen molar-refractivity contribution in [3.05, 3.63) is 35.4 Å². The van der Waals surface area contributed by atoms with E-state index < -0.39 is 41.1 Å². The van der Waals surface area contributed by atoms with Gasteiger partial charge < -0.3 is 5.32 Å². The van der Waals surface area contributed by atoms with Crippen molar-refractivity contribution in [3.63, 3.8) is 0 Å². The smallest absolute Gasteiger partial charge is 0.340 e. The van der Waals surface area contributed by atoms with Crippen LogP contribution in [0.15, 0.2) is 24.3 Å². The highest BCUT2D eigenvalue weighted by molar-refractivity contribution is 6.08. The largest absolute Gasteiger partial charge is 0.417 e. The van der Waals surface area contributed by atoms with Gasteiger partial charge >= 0.3 is 6.18 Å². The number of carbonyl (C=O) groups excluding carboxylic acids is 3. The highest BCUT2D eigenvalue weighted by Crippen LogP contribution is 2.32. The van der Waals surface area contributed by atoms with E-state index in [2.05, 4.69) is 5.32 Å². The zero-order valence-corrected chi connectivity index (χ0v) is 12.5. The lowest BCUT2D eigenvalue weighted by Crippen LogP contribution is -2.44. The van der Waals surface area contributed by atoms with Crippen LogP contribution in [-0.2, 0) is 15.8 Å². The van der Waals surface area contributed by atoms with Crippen molar-refractivity contribution in [2.45, 2.75) is 38.5 Å². The average Bonchev–Trinajstić information content (AvgIpc) is 2.72. The first-order valence-corrected chi connectivity index (χ1v) is 6.96. The summed E-state index contributed by atoms with van der Waals surface area (Å²) >= 11 is 0. The van der Waals surface area contributed by atoms with Gasteiger partial charge in [0.05, 0.1) is 17.5 Å². The molecule has 124 valence electrons. The number of hydrogen-bond donors (Lipinski definition) is 1. The summed E-state index contributed by atoms with van der Waals surface area (Å²) in [5.41, 5.74) is -1.67. The molecule has 3 amide bonds. The minimum Gasteiger partial charge on any atom is -0.340 e. The number of carbonyl (C=O) groups is 3. The number of amides is 3. The summed E-state index contributed by atoms with van der Waals surface area (Å²) in [7, 11) is 0. The quantitative estimate of drug-likeness (QED) is 0.863. The first-order chi connectivity index (χ1) is 10.6. The molecule has 1 aliphatic heterocycles. The van der Waals surface area contributed by atoms with Gasteiger partial charge in [-0.15, -0.1) is 0 Å². The monoisotopic (exact) mass is 328 g/mol. The van der Waals surface area contributed by atoms with Gasteiger partial charge in [0, 0.05) is 6.04 Å². The van der Waals surface area contributed by atoms with E-state index in [4.69, 9.17) is 0 Å². The van der Waals surface area contributed by atoms with E-state index in [0.29, 0.717) is 0 Å². The SMILES string of the molecule is CC(C)N1C(=O)C[C@H](NC(=O)c2ccccc2C(F)(F)F)C1=O. The van der Waals surface area contributed by atoms with E-state index in [1.807, 2.05) is 0 Å². The number of hydrogen-bond acceptors (Lipinski definition) is 3. The van der Waals surface area contributed by atoms with Crippen molar-refractivity contribution >= 4 is 17.7 Å². The van der Waals surface area contributed by atoms with Crippen molar-refractivity contribution in [3.8, 4) is 0 Å². The van der Waals surface area contributed by atoms with E-state index in [0.717, 1.165) is 17.0 Å². The van der Waals surface area contributed by atoms with Crippen LogP contribution in [0.25, 0.3) is 0 Å². The molecule has 0 aliphatic carbocycles. The molecule has 23 heavy (non-hydrogen) atoms. The van der Waals surface area contributed by atoms with Crippen molar-refractivity contribution in [1.29, 1.82) is 0 Å². The molecular weight excluding hydrogens is 313 g/mol. The minimum absolute atomic E-state index is 0.253. The molecule has 1 saturated heterocycles.